The highest BCUT2D eigenvalue weighted by atomic mass is 32.2. The second kappa shape index (κ2) is 4.82. The Morgan fingerprint density at radius 2 is 1.78 bits per heavy atom. The molecule has 0 spiro atoms. The molecule has 0 bridgehead atoms. The van der Waals surface area contributed by atoms with Crippen molar-refractivity contribution in [1.29, 1.82) is 0 Å². The van der Waals surface area contributed by atoms with Gasteiger partial charge in [-0.3, -0.25) is 4.79 Å². The molecule has 98 valence electrons. The van der Waals surface area contributed by atoms with Crippen LogP contribution in [-0.2, 0) is 10.0 Å². The normalized spacial score (nSPS) is 23.4. The fourth-order valence-electron chi connectivity index (χ4n) is 2.15. The van der Waals surface area contributed by atoms with E-state index in [-0.39, 0.29) is 16.7 Å². The minimum absolute atomic E-state index is 0.0532. The van der Waals surface area contributed by atoms with Crippen LogP contribution in [0.5, 0.6) is 0 Å². The summed E-state index contributed by atoms with van der Waals surface area (Å²) in [6.45, 7) is 3.56. The second-order valence-electron chi connectivity index (χ2n) is 4.98. The Kier molecular flexibility index (Phi) is 3.54. The zero-order valence-electron chi connectivity index (χ0n) is 10.5. The summed E-state index contributed by atoms with van der Waals surface area (Å²) < 4.78 is 26.7. The lowest BCUT2D eigenvalue weighted by Gasteiger charge is -2.32. The third-order valence-electron chi connectivity index (χ3n) is 3.27. The molecule has 1 aliphatic carbocycles. The van der Waals surface area contributed by atoms with Crippen molar-refractivity contribution >= 4 is 15.8 Å². The molecule has 1 saturated carbocycles. The van der Waals surface area contributed by atoms with Crippen LogP contribution < -0.4 is 4.72 Å². The number of carbonyl (C=O) groups is 1. The average molecular weight is 267 g/mol. The Morgan fingerprint density at radius 3 is 2.22 bits per heavy atom. The van der Waals surface area contributed by atoms with Crippen LogP contribution in [0, 0.1) is 5.92 Å². The molecule has 0 aliphatic heterocycles. The smallest absolute Gasteiger partial charge is 0.240 e. The molecular weight excluding hydrogens is 250 g/mol. The molecule has 0 amide bonds. The number of hydrogen-bond acceptors (Lipinski definition) is 3. The fourth-order valence-corrected chi connectivity index (χ4v) is 3.42. The van der Waals surface area contributed by atoms with Gasteiger partial charge in [0.25, 0.3) is 0 Å². The topological polar surface area (TPSA) is 63.2 Å². The van der Waals surface area contributed by atoms with Gasteiger partial charge in [-0.1, -0.05) is 19.1 Å². The van der Waals surface area contributed by atoms with Crippen LogP contribution in [0.1, 0.15) is 37.0 Å². The van der Waals surface area contributed by atoms with E-state index in [2.05, 4.69) is 11.6 Å². The molecular formula is C13H17NO3S. The summed E-state index contributed by atoms with van der Waals surface area (Å²) in [5.74, 6) is 0.525. The van der Waals surface area contributed by atoms with Gasteiger partial charge in [-0.15, -0.1) is 0 Å². The Balaban J connectivity index is 2.12. The van der Waals surface area contributed by atoms with Crippen LogP contribution in [0.4, 0.5) is 0 Å². The van der Waals surface area contributed by atoms with E-state index in [1.54, 1.807) is 12.1 Å². The van der Waals surface area contributed by atoms with Gasteiger partial charge in [-0.05, 0) is 37.8 Å². The summed E-state index contributed by atoms with van der Waals surface area (Å²) >= 11 is 0. The molecule has 1 fully saturated rings. The predicted molar refractivity (Wildman–Crippen MR) is 69.0 cm³/mol. The van der Waals surface area contributed by atoms with Gasteiger partial charge in [0.2, 0.25) is 10.0 Å². The van der Waals surface area contributed by atoms with E-state index < -0.39 is 10.0 Å². The Bertz CT molecular complexity index is 542. The van der Waals surface area contributed by atoms with Crippen molar-refractivity contribution in [2.75, 3.05) is 0 Å². The molecule has 5 heteroatoms. The van der Waals surface area contributed by atoms with Crippen molar-refractivity contribution in [1.82, 2.24) is 4.72 Å². The van der Waals surface area contributed by atoms with Crippen molar-refractivity contribution in [2.45, 2.75) is 37.6 Å². The molecule has 0 aromatic heterocycles. The quantitative estimate of drug-likeness (QED) is 0.848. The molecule has 1 aliphatic rings. The summed E-state index contributed by atoms with van der Waals surface area (Å²) in [5, 5.41) is 0. The van der Waals surface area contributed by atoms with Gasteiger partial charge in [0, 0.05) is 11.6 Å². The molecule has 1 aromatic carbocycles. The van der Waals surface area contributed by atoms with Gasteiger partial charge in [0.05, 0.1) is 4.90 Å². The lowest BCUT2D eigenvalue weighted by Crippen LogP contribution is -2.43. The monoisotopic (exact) mass is 267 g/mol. The third-order valence-corrected chi connectivity index (χ3v) is 4.80. The first-order valence-electron chi connectivity index (χ1n) is 6.02. The number of hydrogen-bond donors (Lipinski definition) is 1. The molecule has 0 heterocycles. The van der Waals surface area contributed by atoms with Crippen LogP contribution in [0.2, 0.25) is 0 Å². The van der Waals surface area contributed by atoms with Crippen LogP contribution in [0.25, 0.3) is 0 Å². The van der Waals surface area contributed by atoms with Crippen LogP contribution in [0.3, 0.4) is 0 Å². The van der Waals surface area contributed by atoms with E-state index in [0.717, 1.165) is 12.8 Å². The largest absolute Gasteiger partial charge is 0.295 e. The van der Waals surface area contributed by atoms with Crippen molar-refractivity contribution in [3.8, 4) is 0 Å². The molecule has 1 N–H and O–H groups in total. The minimum Gasteiger partial charge on any atom is -0.295 e. The third kappa shape index (κ3) is 2.79. The molecule has 4 nitrogen and oxygen atoms in total. The second-order valence-corrected chi connectivity index (χ2v) is 6.69. The molecule has 1 aromatic rings. The summed E-state index contributed by atoms with van der Waals surface area (Å²) in [6, 6.07) is 6.08. The van der Waals surface area contributed by atoms with E-state index in [1.807, 2.05) is 0 Å². The number of rotatable bonds is 4. The van der Waals surface area contributed by atoms with Gasteiger partial charge >= 0.3 is 0 Å². The first kappa shape index (κ1) is 13.2. The SMILES string of the molecule is CC(=O)c1ccc(S(=O)(=O)NC2CC(C)C2)cc1. The number of Topliss-reactive ketones (excluding diaryl/α,β-unsaturated/α-hetero) is 1. The molecule has 0 unspecified atom stereocenters. The maximum atomic E-state index is 12.0. The van der Waals surface area contributed by atoms with Gasteiger partial charge < -0.3 is 0 Å². The molecule has 0 radical (unpaired) electrons. The number of carbonyl (C=O) groups excluding carboxylic acids is 1. The standard InChI is InChI=1S/C13H17NO3S/c1-9-7-12(8-9)14-18(16,17)13-5-3-11(4-6-13)10(2)15/h3-6,9,12,14H,7-8H2,1-2H3. The van der Waals surface area contributed by atoms with Crippen molar-refractivity contribution in [3.63, 3.8) is 0 Å². The number of nitrogens with one attached hydrogen (secondary N) is 1. The van der Waals surface area contributed by atoms with E-state index in [4.69, 9.17) is 0 Å². The maximum absolute atomic E-state index is 12.0. The lowest BCUT2D eigenvalue weighted by atomic mass is 9.83. The Hall–Kier alpha value is -1.20. The summed E-state index contributed by atoms with van der Waals surface area (Å²) in [7, 11) is -3.45. The Morgan fingerprint density at radius 1 is 1.22 bits per heavy atom. The van der Waals surface area contributed by atoms with Crippen LogP contribution >= 0.6 is 0 Å². The van der Waals surface area contributed by atoms with Gasteiger partial charge in [-0.2, -0.15) is 0 Å². The maximum Gasteiger partial charge on any atom is 0.240 e. The van der Waals surface area contributed by atoms with Crippen molar-refractivity contribution in [3.05, 3.63) is 29.8 Å². The number of sulfonamides is 1. The molecule has 18 heavy (non-hydrogen) atoms. The van der Waals surface area contributed by atoms with E-state index in [1.165, 1.54) is 19.1 Å². The van der Waals surface area contributed by atoms with Crippen molar-refractivity contribution in [2.24, 2.45) is 5.92 Å². The highest BCUT2D eigenvalue weighted by molar-refractivity contribution is 7.89. The van der Waals surface area contributed by atoms with Crippen molar-refractivity contribution < 1.29 is 13.2 Å². The number of benzene rings is 1. The molecule has 0 atom stereocenters. The fraction of sp³-hybridized carbons (Fsp3) is 0.462. The van der Waals surface area contributed by atoms with E-state index >= 15 is 0 Å². The molecule has 2 rings (SSSR count). The zero-order chi connectivity index (χ0) is 13.3. The van der Waals surface area contributed by atoms with Gasteiger partial charge in [0.1, 0.15) is 0 Å². The summed E-state index contributed by atoms with van der Waals surface area (Å²) in [4.78, 5) is 11.3. The van der Waals surface area contributed by atoms with Gasteiger partial charge in [0.15, 0.2) is 5.78 Å². The minimum atomic E-state index is -3.45. The first-order valence-corrected chi connectivity index (χ1v) is 7.50. The molecule has 0 saturated heterocycles. The first-order chi connectivity index (χ1) is 8.38. The zero-order valence-corrected chi connectivity index (χ0v) is 11.3. The lowest BCUT2D eigenvalue weighted by molar-refractivity contribution is 0.101. The van der Waals surface area contributed by atoms with E-state index in [0.29, 0.717) is 11.5 Å². The highest BCUT2D eigenvalue weighted by Crippen LogP contribution is 2.27. The predicted octanol–water partition coefficient (Wildman–Crippen LogP) is 1.97. The Labute approximate surface area is 107 Å². The van der Waals surface area contributed by atoms with Crippen LogP contribution in [-0.4, -0.2) is 20.2 Å². The van der Waals surface area contributed by atoms with Crippen LogP contribution in [0.15, 0.2) is 29.2 Å². The summed E-state index contributed by atoms with van der Waals surface area (Å²) in [6.07, 6.45) is 1.79. The van der Waals surface area contributed by atoms with E-state index in [9.17, 15) is 13.2 Å². The highest BCUT2D eigenvalue weighted by Gasteiger charge is 2.29. The summed E-state index contributed by atoms with van der Waals surface area (Å²) in [5.41, 5.74) is 0.520. The number of ketones is 1. The average Bonchev–Trinajstić information content (AvgIpc) is 2.27. The van der Waals surface area contributed by atoms with Gasteiger partial charge in [-0.25, -0.2) is 13.1 Å².